The highest BCUT2D eigenvalue weighted by molar-refractivity contribution is 7.85. The molecule has 1 heterocycles. The predicted octanol–water partition coefficient (Wildman–Crippen LogP) is 4.43. The number of ether oxygens (including phenoxy) is 2. The van der Waals surface area contributed by atoms with Crippen LogP contribution in [0.4, 0.5) is 0 Å². The van der Waals surface area contributed by atoms with Gasteiger partial charge >= 0.3 is 0 Å². The number of benzene rings is 2. The fourth-order valence-corrected chi connectivity index (χ4v) is 4.30. The van der Waals surface area contributed by atoms with Gasteiger partial charge in [0.15, 0.2) is 5.79 Å². The van der Waals surface area contributed by atoms with Crippen LogP contribution in [-0.4, -0.2) is 56.1 Å². The Hall–Kier alpha value is -2.29. The van der Waals surface area contributed by atoms with E-state index in [1.165, 1.54) is 17.7 Å². The summed E-state index contributed by atoms with van der Waals surface area (Å²) in [6.45, 7) is 16.9. The second-order valence-corrected chi connectivity index (χ2v) is 9.88. The highest BCUT2D eigenvalue weighted by atomic mass is 32.2. The molecule has 0 atom stereocenters. The van der Waals surface area contributed by atoms with Crippen LogP contribution in [0, 0.1) is 6.92 Å². The summed E-state index contributed by atoms with van der Waals surface area (Å²) in [6, 6.07) is 16.4. The minimum Gasteiger partial charge on any atom is -0.744 e. The van der Waals surface area contributed by atoms with E-state index in [9.17, 15) is 13.0 Å². The summed E-state index contributed by atoms with van der Waals surface area (Å²) < 4.78 is 43.6. The molecule has 180 valence electrons. The predicted molar refractivity (Wildman–Crippen MR) is 129 cm³/mol. The van der Waals surface area contributed by atoms with Crippen molar-refractivity contribution in [2.45, 2.75) is 37.5 Å². The molecular weight excluding hydrogens is 438 g/mol. The van der Waals surface area contributed by atoms with E-state index in [0.717, 1.165) is 42.6 Å². The van der Waals surface area contributed by atoms with Crippen LogP contribution in [0.15, 0.2) is 84.8 Å². The minimum atomic E-state index is -4.27. The highest BCUT2D eigenvalue weighted by Crippen LogP contribution is 2.26. The van der Waals surface area contributed by atoms with Crippen molar-refractivity contribution in [3.63, 3.8) is 0 Å². The molecule has 0 saturated carbocycles. The average Bonchev–Trinajstić information content (AvgIpc) is 3.21. The van der Waals surface area contributed by atoms with Crippen LogP contribution < -0.4 is 0 Å². The molecule has 0 aliphatic carbocycles. The molecule has 0 radical (unpaired) electrons. The largest absolute Gasteiger partial charge is 0.744 e. The van der Waals surface area contributed by atoms with E-state index in [0.29, 0.717) is 13.2 Å². The van der Waals surface area contributed by atoms with Crippen molar-refractivity contribution in [2.24, 2.45) is 0 Å². The summed E-state index contributed by atoms with van der Waals surface area (Å²) in [5, 5.41) is 0. The standard InChI is InChI=1S/C19H28NO2.C7H8O3S/c1-4-12-20(13-5-2,17-18-9-7-6-8-10-18)14-11-19(3)21-15-16-22-19;1-6-2-4-7(5-3-6)11(8,9)10/h4-10H,1-2,11-17H2,3H3;2-5H,1H3,(H,8,9,10)/q+1;/p-1. The van der Waals surface area contributed by atoms with Crippen molar-refractivity contribution >= 4 is 10.1 Å². The van der Waals surface area contributed by atoms with Gasteiger partial charge < -0.3 is 18.5 Å². The van der Waals surface area contributed by atoms with E-state index in [1.54, 1.807) is 12.1 Å². The Morgan fingerprint density at radius 3 is 2.03 bits per heavy atom. The Bertz CT molecular complexity index is 971. The normalized spacial score (nSPS) is 15.4. The van der Waals surface area contributed by atoms with Gasteiger partial charge in [0.1, 0.15) is 16.7 Å². The van der Waals surface area contributed by atoms with Gasteiger partial charge in [-0.05, 0) is 38.1 Å². The fourth-order valence-electron chi connectivity index (χ4n) is 3.83. The monoisotopic (exact) mass is 473 g/mol. The van der Waals surface area contributed by atoms with Crippen molar-refractivity contribution in [1.82, 2.24) is 0 Å². The lowest BCUT2D eigenvalue weighted by atomic mass is 10.1. The zero-order valence-corrected chi connectivity index (χ0v) is 20.4. The zero-order valence-electron chi connectivity index (χ0n) is 19.6. The van der Waals surface area contributed by atoms with Gasteiger partial charge in [-0.15, -0.1) is 0 Å². The summed E-state index contributed by atoms with van der Waals surface area (Å²) in [6.07, 6.45) is 4.89. The summed E-state index contributed by atoms with van der Waals surface area (Å²) in [7, 11) is -4.27. The maximum absolute atomic E-state index is 10.4. The van der Waals surface area contributed by atoms with Crippen LogP contribution in [0.3, 0.4) is 0 Å². The fraction of sp³-hybridized carbons (Fsp3) is 0.385. The third kappa shape index (κ3) is 8.87. The van der Waals surface area contributed by atoms with Crippen LogP contribution in [0.5, 0.6) is 0 Å². The van der Waals surface area contributed by atoms with E-state index < -0.39 is 15.9 Å². The molecule has 1 fully saturated rings. The van der Waals surface area contributed by atoms with E-state index in [-0.39, 0.29) is 4.90 Å². The number of quaternary nitrogens is 1. The zero-order chi connectivity index (χ0) is 24.4. The van der Waals surface area contributed by atoms with Gasteiger partial charge in [-0.2, -0.15) is 0 Å². The van der Waals surface area contributed by atoms with E-state index in [2.05, 4.69) is 43.5 Å². The number of hydrogen-bond acceptors (Lipinski definition) is 5. The van der Waals surface area contributed by atoms with Crippen LogP contribution in [0.1, 0.15) is 24.5 Å². The summed E-state index contributed by atoms with van der Waals surface area (Å²) in [5.41, 5.74) is 2.27. The van der Waals surface area contributed by atoms with E-state index in [4.69, 9.17) is 9.47 Å². The molecule has 0 unspecified atom stereocenters. The molecular formula is C26H35NO5S. The Labute approximate surface area is 198 Å². The third-order valence-corrected chi connectivity index (χ3v) is 6.49. The summed E-state index contributed by atoms with van der Waals surface area (Å²) in [4.78, 5) is -0.178. The lowest BCUT2D eigenvalue weighted by Crippen LogP contribution is -2.50. The van der Waals surface area contributed by atoms with Gasteiger partial charge in [-0.1, -0.05) is 61.2 Å². The van der Waals surface area contributed by atoms with Crippen molar-refractivity contribution in [3.05, 3.63) is 91.0 Å². The molecule has 0 aromatic heterocycles. The van der Waals surface area contributed by atoms with E-state index in [1.807, 2.05) is 26.0 Å². The Kier molecular flexibility index (Phi) is 10.0. The molecule has 0 bridgehead atoms. The average molecular weight is 474 g/mol. The molecule has 0 spiro atoms. The first-order chi connectivity index (χ1) is 15.6. The number of hydrogen-bond donors (Lipinski definition) is 0. The SMILES string of the molecule is C=CC[N+](CC=C)(CCC1(C)OCCO1)Cc1ccccc1.Cc1ccc(S(=O)(=O)[O-])cc1. The molecule has 3 rings (SSSR count). The quantitative estimate of drug-likeness (QED) is 0.290. The Morgan fingerprint density at radius 2 is 1.55 bits per heavy atom. The highest BCUT2D eigenvalue weighted by Gasteiger charge is 2.35. The molecule has 1 aliphatic heterocycles. The summed E-state index contributed by atoms with van der Waals surface area (Å²) >= 11 is 0. The molecule has 1 aliphatic rings. The number of aryl methyl sites for hydroxylation is 1. The van der Waals surface area contributed by atoms with Gasteiger partial charge in [0.2, 0.25) is 0 Å². The summed E-state index contributed by atoms with van der Waals surface area (Å²) in [5.74, 6) is -0.442. The molecule has 1 saturated heterocycles. The molecule has 2 aromatic carbocycles. The second kappa shape index (κ2) is 12.3. The Balaban J connectivity index is 0.000000294. The van der Waals surface area contributed by atoms with Crippen molar-refractivity contribution in [2.75, 3.05) is 32.8 Å². The van der Waals surface area contributed by atoms with Crippen LogP contribution >= 0.6 is 0 Å². The van der Waals surface area contributed by atoms with Crippen molar-refractivity contribution in [3.8, 4) is 0 Å². The minimum absolute atomic E-state index is 0.178. The lowest BCUT2D eigenvalue weighted by molar-refractivity contribution is -0.931. The third-order valence-electron chi connectivity index (χ3n) is 5.64. The van der Waals surface area contributed by atoms with Crippen LogP contribution in [-0.2, 0) is 26.1 Å². The first kappa shape index (κ1) is 27.0. The maximum atomic E-state index is 10.4. The molecule has 2 aromatic rings. The van der Waals surface area contributed by atoms with Crippen molar-refractivity contribution in [1.29, 1.82) is 0 Å². The van der Waals surface area contributed by atoms with Gasteiger partial charge in [-0.3, -0.25) is 0 Å². The first-order valence-electron chi connectivity index (χ1n) is 11.0. The molecule has 33 heavy (non-hydrogen) atoms. The van der Waals surface area contributed by atoms with Crippen molar-refractivity contribution < 1.29 is 26.9 Å². The Morgan fingerprint density at radius 1 is 1.00 bits per heavy atom. The van der Waals surface area contributed by atoms with E-state index >= 15 is 0 Å². The van der Waals surface area contributed by atoms with Gasteiger partial charge in [0.25, 0.3) is 0 Å². The smallest absolute Gasteiger partial charge is 0.171 e. The van der Waals surface area contributed by atoms with Crippen LogP contribution in [0.25, 0.3) is 0 Å². The lowest BCUT2D eigenvalue weighted by Gasteiger charge is -2.39. The maximum Gasteiger partial charge on any atom is 0.171 e. The topological polar surface area (TPSA) is 75.7 Å². The molecule has 0 N–H and O–H groups in total. The van der Waals surface area contributed by atoms with Gasteiger partial charge in [0, 0.05) is 5.56 Å². The molecule has 7 heteroatoms. The van der Waals surface area contributed by atoms with Gasteiger partial charge in [0.05, 0.1) is 44.2 Å². The van der Waals surface area contributed by atoms with Gasteiger partial charge in [-0.25, -0.2) is 8.42 Å². The number of nitrogens with zero attached hydrogens (tertiary/aromatic N) is 1. The second-order valence-electron chi connectivity index (χ2n) is 8.50. The molecule has 0 amide bonds. The first-order valence-corrected chi connectivity index (χ1v) is 12.4. The molecule has 6 nitrogen and oxygen atoms in total. The van der Waals surface area contributed by atoms with Crippen LogP contribution in [0.2, 0.25) is 0 Å². The number of rotatable bonds is 10.